The number of aromatic nitrogens is 3. The van der Waals surface area contributed by atoms with Crippen LogP contribution in [0.2, 0.25) is 0 Å². The first-order valence-electron chi connectivity index (χ1n) is 12.5. The Labute approximate surface area is 218 Å². The lowest BCUT2D eigenvalue weighted by Crippen LogP contribution is -2.28. The third-order valence-electron chi connectivity index (χ3n) is 7.01. The molecular formula is C28H26N6O4. The Balaban J connectivity index is 1.35. The number of nitrogens with one attached hydrogen (secondary N) is 3. The second-order valence-electron chi connectivity index (χ2n) is 9.52. The number of hydrogen-bond donors (Lipinski definition) is 3. The summed E-state index contributed by atoms with van der Waals surface area (Å²) < 4.78 is 6.73. The highest BCUT2D eigenvalue weighted by molar-refractivity contribution is 5.97. The van der Waals surface area contributed by atoms with Gasteiger partial charge in [-0.1, -0.05) is 18.2 Å². The molecule has 0 radical (unpaired) electrons. The van der Waals surface area contributed by atoms with Crippen molar-refractivity contribution in [2.24, 2.45) is 0 Å². The molecule has 10 nitrogen and oxygen atoms in total. The van der Waals surface area contributed by atoms with Gasteiger partial charge in [0.25, 0.3) is 5.91 Å². The highest BCUT2D eigenvalue weighted by Crippen LogP contribution is 2.26. The molecule has 6 rings (SSSR count). The standard InChI is InChI=1S/C28H26N6O4/c1-29-26(36)23-14-34(21-10-7-17-3-2-4-18(17)12-21)25-22(24(23)35)13-30-27(33-25)31-19-8-5-16(6-9-19)11-20-15-38-28(37)32-20/h5-10,12-14,20H,2-4,11,15H2,1H3,(H,29,36)(H,32,37)(H,30,31,33). The number of rotatable bonds is 6. The summed E-state index contributed by atoms with van der Waals surface area (Å²) in [6.07, 6.45) is 6.47. The number of carbonyl (C=O) groups is 2. The molecule has 1 unspecified atom stereocenters. The van der Waals surface area contributed by atoms with E-state index in [9.17, 15) is 14.4 Å². The van der Waals surface area contributed by atoms with Crippen LogP contribution in [0.3, 0.4) is 0 Å². The summed E-state index contributed by atoms with van der Waals surface area (Å²) in [5.41, 5.74) is 5.27. The molecule has 0 spiro atoms. The van der Waals surface area contributed by atoms with E-state index in [1.807, 2.05) is 30.3 Å². The van der Waals surface area contributed by atoms with Gasteiger partial charge >= 0.3 is 6.09 Å². The number of ether oxygens (including phenoxy) is 1. The van der Waals surface area contributed by atoms with Crippen molar-refractivity contribution >= 4 is 34.7 Å². The minimum atomic E-state index is -0.460. The second-order valence-corrected chi connectivity index (χ2v) is 9.52. The maximum atomic E-state index is 13.2. The molecule has 2 aromatic carbocycles. The van der Waals surface area contributed by atoms with Crippen LogP contribution >= 0.6 is 0 Å². The second kappa shape index (κ2) is 9.62. The molecule has 2 aromatic heterocycles. The molecule has 38 heavy (non-hydrogen) atoms. The number of cyclic esters (lactones) is 1. The van der Waals surface area contributed by atoms with Crippen molar-refractivity contribution in [1.29, 1.82) is 0 Å². The van der Waals surface area contributed by atoms with Crippen molar-refractivity contribution in [1.82, 2.24) is 25.2 Å². The highest BCUT2D eigenvalue weighted by atomic mass is 16.6. The maximum absolute atomic E-state index is 13.2. The SMILES string of the molecule is CNC(=O)c1cn(-c2ccc3c(c2)CCC3)c2nc(Nc3ccc(CC4COC(=O)N4)cc3)ncc2c1=O. The predicted octanol–water partition coefficient (Wildman–Crippen LogP) is 3.02. The van der Waals surface area contributed by atoms with E-state index in [2.05, 4.69) is 38.1 Å². The van der Waals surface area contributed by atoms with Gasteiger partial charge in [0.05, 0.1) is 11.4 Å². The minimum absolute atomic E-state index is 0.0317. The number of pyridine rings is 1. The van der Waals surface area contributed by atoms with Gasteiger partial charge in [-0.25, -0.2) is 9.78 Å². The summed E-state index contributed by atoms with van der Waals surface area (Å²) in [6, 6.07) is 13.9. The van der Waals surface area contributed by atoms with Gasteiger partial charge in [0.15, 0.2) is 5.65 Å². The van der Waals surface area contributed by atoms with Gasteiger partial charge in [0, 0.05) is 30.8 Å². The maximum Gasteiger partial charge on any atom is 0.407 e. The molecule has 1 saturated heterocycles. The molecule has 0 bridgehead atoms. The lowest BCUT2D eigenvalue weighted by Gasteiger charge is -2.15. The minimum Gasteiger partial charge on any atom is -0.447 e. The van der Waals surface area contributed by atoms with Crippen LogP contribution in [0, 0.1) is 0 Å². The van der Waals surface area contributed by atoms with E-state index < -0.39 is 11.3 Å². The number of fused-ring (bicyclic) bond motifs is 2. The third kappa shape index (κ3) is 4.45. The quantitative estimate of drug-likeness (QED) is 0.364. The normalized spacial score (nSPS) is 16.1. The van der Waals surface area contributed by atoms with Crippen LogP contribution in [-0.4, -0.2) is 46.2 Å². The van der Waals surface area contributed by atoms with Gasteiger partial charge in [0.1, 0.15) is 12.2 Å². The van der Waals surface area contributed by atoms with Crippen molar-refractivity contribution in [2.45, 2.75) is 31.7 Å². The molecule has 1 aliphatic heterocycles. The number of anilines is 2. The van der Waals surface area contributed by atoms with E-state index in [1.54, 1.807) is 10.8 Å². The van der Waals surface area contributed by atoms with E-state index >= 15 is 0 Å². The Morgan fingerprint density at radius 2 is 1.95 bits per heavy atom. The largest absolute Gasteiger partial charge is 0.447 e. The van der Waals surface area contributed by atoms with Crippen LogP contribution in [0.15, 0.2) is 59.7 Å². The summed E-state index contributed by atoms with van der Waals surface area (Å²) in [6.45, 7) is 0.358. The summed E-state index contributed by atoms with van der Waals surface area (Å²) in [5.74, 6) is -0.137. The molecule has 1 aliphatic carbocycles. The Kier molecular flexibility index (Phi) is 5.99. The van der Waals surface area contributed by atoms with E-state index in [4.69, 9.17) is 4.74 Å². The average Bonchev–Trinajstić information content (AvgIpc) is 3.57. The average molecular weight is 511 g/mol. The lowest BCUT2D eigenvalue weighted by atomic mass is 10.1. The Morgan fingerprint density at radius 3 is 2.71 bits per heavy atom. The Hall–Kier alpha value is -4.73. The zero-order valence-electron chi connectivity index (χ0n) is 20.8. The third-order valence-corrected chi connectivity index (χ3v) is 7.01. The number of amides is 2. The van der Waals surface area contributed by atoms with Crippen molar-refractivity contribution in [3.8, 4) is 5.69 Å². The molecule has 3 N–H and O–H groups in total. The first-order valence-corrected chi connectivity index (χ1v) is 12.5. The van der Waals surface area contributed by atoms with Crippen molar-refractivity contribution in [2.75, 3.05) is 19.0 Å². The van der Waals surface area contributed by atoms with Crippen LogP contribution in [0.5, 0.6) is 0 Å². The number of nitrogens with zero attached hydrogens (tertiary/aromatic N) is 3. The molecular weight excluding hydrogens is 484 g/mol. The van der Waals surface area contributed by atoms with E-state index in [0.717, 1.165) is 36.2 Å². The van der Waals surface area contributed by atoms with Crippen LogP contribution < -0.4 is 21.4 Å². The lowest BCUT2D eigenvalue weighted by molar-refractivity contribution is 0.0961. The zero-order valence-corrected chi connectivity index (χ0v) is 20.8. The van der Waals surface area contributed by atoms with Gasteiger partial charge in [-0.05, 0) is 66.6 Å². The Morgan fingerprint density at radius 1 is 1.13 bits per heavy atom. The molecule has 2 aliphatic rings. The van der Waals surface area contributed by atoms with Gasteiger partial charge in [-0.2, -0.15) is 4.98 Å². The summed E-state index contributed by atoms with van der Waals surface area (Å²) >= 11 is 0. The van der Waals surface area contributed by atoms with E-state index in [1.165, 1.54) is 24.4 Å². The molecule has 10 heteroatoms. The fraction of sp³-hybridized carbons (Fsp3) is 0.250. The highest BCUT2D eigenvalue weighted by Gasteiger charge is 2.22. The molecule has 3 heterocycles. The zero-order chi connectivity index (χ0) is 26.2. The van der Waals surface area contributed by atoms with Crippen LogP contribution in [0.25, 0.3) is 16.7 Å². The topological polar surface area (TPSA) is 127 Å². The molecule has 0 saturated carbocycles. The van der Waals surface area contributed by atoms with Crippen LogP contribution in [0.1, 0.15) is 33.5 Å². The van der Waals surface area contributed by atoms with Crippen LogP contribution in [-0.2, 0) is 24.0 Å². The fourth-order valence-corrected chi connectivity index (χ4v) is 5.05. The van der Waals surface area contributed by atoms with Gasteiger partial charge in [0.2, 0.25) is 11.4 Å². The molecule has 4 aromatic rings. The number of benzene rings is 2. The van der Waals surface area contributed by atoms with Gasteiger partial charge in [-0.15, -0.1) is 0 Å². The number of aryl methyl sites for hydroxylation is 2. The summed E-state index contributed by atoms with van der Waals surface area (Å²) in [7, 11) is 1.50. The Bertz CT molecular complexity index is 1630. The van der Waals surface area contributed by atoms with E-state index in [0.29, 0.717) is 24.6 Å². The smallest absolute Gasteiger partial charge is 0.407 e. The fourth-order valence-electron chi connectivity index (χ4n) is 5.05. The summed E-state index contributed by atoms with van der Waals surface area (Å²) in [5, 5.41) is 8.78. The number of carbonyl (C=O) groups excluding carboxylic acids is 2. The van der Waals surface area contributed by atoms with E-state index in [-0.39, 0.29) is 23.1 Å². The summed E-state index contributed by atoms with van der Waals surface area (Å²) in [4.78, 5) is 46.0. The molecule has 1 fully saturated rings. The molecule has 2 amide bonds. The molecule has 1 atom stereocenters. The van der Waals surface area contributed by atoms with Crippen molar-refractivity contribution in [3.05, 3.63) is 87.3 Å². The first kappa shape index (κ1) is 23.7. The number of alkyl carbamates (subject to hydrolysis) is 1. The number of hydrogen-bond acceptors (Lipinski definition) is 7. The van der Waals surface area contributed by atoms with Gasteiger partial charge in [-0.3, -0.25) is 9.59 Å². The molecule has 192 valence electrons. The van der Waals surface area contributed by atoms with Crippen LogP contribution in [0.4, 0.5) is 16.4 Å². The van der Waals surface area contributed by atoms with Crippen molar-refractivity contribution < 1.29 is 14.3 Å². The monoisotopic (exact) mass is 510 g/mol. The van der Waals surface area contributed by atoms with Crippen molar-refractivity contribution in [3.63, 3.8) is 0 Å². The van der Waals surface area contributed by atoms with Gasteiger partial charge < -0.3 is 25.3 Å². The first-order chi connectivity index (χ1) is 18.5. The predicted molar refractivity (Wildman–Crippen MR) is 142 cm³/mol.